The van der Waals surface area contributed by atoms with Crippen molar-refractivity contribution in [3.05, 3.63) is 37.0 Å². The van der Waals surface area contributed by atoms with E-state index in [1.807, 2.05) is 0 Å². The first-order chi connectivity index (χ1) is 20.1. The third kappa shape index (κ3) is 10.7. The monoisotopic (exact) mass is 598 g/mol. The van der Waals surface area contributed by atoms with E-state index in [2.05, 4.69) is 74.6 Å². The van der Waals surface area contributed by atoms with Gasteiger partial charge in [0, 0.05) is 0 Å². The van der Waals surface area contributed by atoms with Gasteiger partial charge >= 0.3 is 5.97 Å². The predicted molar refractivity (Wildman–Crippen MR) is 181 cm³/mol. The minimum absolute atomic E-state index is 0.204. The van der Waals surface area contributed by atoms with Crippen molar-refractivity contribution in [1.29, 1.82) is 0 Å². The van der Waals surface area contributed by atoms with Crippen molar-refractivity contribution in [2.45, 2.75) is 145 Å². The molecule has 4 rings (SSSR count). The number of fused-ring (bicyclic) bond motifs is 5. The number of carboxylic acid groups (broad SMARTS) is 1. The quantitative estimate of drug-likeness (QED) is 0.111. The zero-order valence-corrected chi connectivity index (χ0v) is 29.2. The van der Waals surface area contributed by atoms with Gasteiger partial charge in [-0.1, -0.05) is 92.4 Å². The molecule has 0 aromatic carbocycles. The number of carbonyl (C=O) groups is 2. The molecular formula is C39H66O4. The Morgan fingerprint density at radius 1 is 1.05 bits per heavy atom. The smallest absolute Gasteiger partial charge is 0.311 e. The fourth-order valence-corrected chi connectivity index (χ4v) is 8.88. The number of hydrogen-bond donors (Lipinski definition) is 1. The van der Waals surface area contributed by atoms with Crippen molar-refractivity contribution in [1.82, 2.24) is 0 Å². The van der Waals surface area contributed by atoms with Crippen LogP contribution in [0.25, 0.3) is 0 Å². The molecule has 0 spiro atoms. The number of carboxylic acids is 1. The second kappa shape index (κ2) is 16.6. The summed E-state index contributed by atoms with van der Waals surface area (Å²) in [5.41, 5.74) is 3.01. The number of aliphatic carboxylic acids is 1. The Bertz CT molecular complexity index is 949. The summed E-state index contributed by atoms with van der Waals surface area (Å²) in [6.45, 7) is 25.0. The van der Waals surface area contributed by atoms with E-state index in [1.165, 1.54) is 70.3 Å². The van der Waals surface area contributed by atoms with E-state index in [-0.39, 0.29) is 11.9 Å². The standard InChI is InChI=1S/C32H50O4.C5H12.C2H4/c1-22(2)8-5-6-9-23-12-14-28-27-13-11-24-20-26(36-19-7-10-25(33)21-30(34)35)15-17-32(24,4)29(27)16-18-31(23,28)3;1-5(2,3)4;1-2/h7,10-11,22-23,26-29H,5-6,8-9,12-21H2,1-4H3,(H,34,35);1-4H3;1-2H2/b10-7+;;. The van der Waals surface area contributed by atoms with E-state index < -0.39 is 12.4 Å². The van der Waals surface area contributed by atoms with E-state index in [4.69, 9.17) is 9.84 Å². The van der Waals surface area contributed by atoms with E-state index in [0.717, 1.165) is 42.4 Å². The first kappa shape index (κ1) is 37.5. The molecule has 4 nitrogen and oxygen atoms in total. The van der Waals surface area contributed by atoms with Crippen LogP contribution >= 0.6 is 0 Å². The molecule has 0 saturated heterocycles. The van der Waals surface area contributed by atoms with Crippen LogP contribution in [0.4, 0.5) is 0 Å². The van der Waals surface area contributed by atoms with Crippen LogP contribution < -0.4 is 0 Å². The van der Waals surface area contributed by atoms with Gasteiger partial charge in [0.1, 0.15) is 6.42 Å². The normalized spacial score (nSPS) is 33.2. The van der Waals surface area contributed by atoms with E-state index in [1.54, 1.807) is 11.6 Å². The Labute approximate surface area is 265 Å². The highest BCUT2D eigenvalue weighted by molar-refractivity contribution is 6.01. The predicted octanol–water partition coefficient (Wildman–Crippen LogP) is 10.6. The zero-order chi connectivity index (χ0) is 32.4. The number of unbranched alkanes of at least 4 members (excludes halogenated alkanes) is 1. The summed E-state index contributed by atoms with van der Waals surface area (Å²) in [4.78, 5) is 22.2. The number of ether oxygens (including phenoxy) is 1. The second-order valence-electron chi connectivity index (χ2n) is 16.4. The lowest BCUT2D eigenvalue weighted by Gasteiger charge is -2.58. The first-order valence-electron chi connectivity index (χ1n) is 17.4. The lowest BCUT2D eigenvalue weighted by molar-refractivity contribution is -0.139. The lowest BCUT2D eigenvalue weighted by atomic mass is 9.47. The minimum Gasteiger partial charge on any atom is -0.481 e. The molecule has 0 aliphatic heterocycles. The third-order valence-electron chi connectivity index (χ3n) is 10.9. The average molecular weight is 599 g/mol. The van der Waals surface area contributed by atoms with Gasteiger partial charge in [0.15, 0.2) is 5.78 Å². The molecule has 0 bridgehead atoms. The Kier molecular flexibility index (Phi) is 14.5. The highest BCUT2D eigenvalue weighted by Gasteiger charge is 2.58. The van der Waals surface area contributed by atoms with Crippen LogP contribution in [0.3, 0.4) is 0 Å². The Balaban J connectivity index is 0.000000836. The van der Waals surface area contributed by atoms with Crippen LogP contribution in [0.15, 0.2) is 37.0 Å². The molecule has 7 unspecified atom stereocenters. The fourth-order valence-electron chi connectivity index (χ4n) is 8.88. The maximum Gasteiger partial charge on any atom is 0.311 e. The number of hydrogen-bond acceptors (Lipinski definition) is 3. The van der Waals surface area contributed by atoms with Gasteiger partial charge in [0.2, 0.25) is 0 Å². The van der Waals surface area contributed by atoms with Crippen molar-refractivity contribution < 1.29 is 19.4 Å². The molecule has 4 aliphatic carbocycles. The lowest BCUT2D eigenvalue weighted by Crippen LogP contribution is -2.50. The number of allylic oxidation sites excluding steroid dienone is 2. The van der Waals surface area contributed by atoms with Crippen molar-refractivity contribution in [3.63, 3.8) is 0 Å². The molecule has 4 heteroatoms. The second-order valence-corrected chi connectivity index (χ2v) is 16.4. The van der Waals surface area contributed by atoms with Crippen molar-refractivity contribution in [2.24, 2.45) is 45.8 Å². The molecule has 0 amide bonds. The maximum atomic E-state index is 11.5. The van der Waals surface area contributed by atoms with E-state index in [0.29, 0.717) is 22.9 Å². The van der Waals surface area contributed by atoms with Gasteiger partial charge in [-0.15, -0.1) is 13.2 Å². The van der Waals surface area contributed by atoms with Crippen molar-refractivity contribution in [2.75, 3.05) is 6.61 Å². The molecule has 0 heterocycles. The maximum absolute atomic E-state index is 11.5. The summed E-state index contributed by atoms with van der Waals surface area (Å²) in [5.74, 6) is 2.90. The average Bonchev–Trinajstić information content (AvgIpc) is 3.25. The molecular weight excluding hydrogens is 532 g/mol. The summed E-state index contributed by atoms with van der Waals surface area (Å²) < 4.78 is 6.10. The topological polar surface area (TPSA) is 63.6 Å². The number of ketones is 1. The number of carbonyl (C=O) groups excluding carboxylic acids is 1. The van der Waals surface area contributed by atoms with E-state index in [9.17, 15) is 9.59 Å². The van der Waals surface area contributed by atoms with Gasteiger partial charge in [0.25, 0.3) is 0 Å². The summed E-state index contributed by atoms with van der Waals surface area (Å²) in [6, 6.07) is 0. The molecule has 3 saturated carbocycles. The van der Waals surface area contributed by atoms with Gasteiger partial charge in [0.05, 0.1) is 12.7 Å². The van der Waals surface area contributed by atoms with Crippen LogP contribution in [-0.2, 0) is 14.3 Å². The highest BCUT2D eigenvalue weighted by atomic mass is 16.5. The third-order valence-corrected chi connectivity index (χ3v) is 10.9. The molecule has 0 radical (unpaired) electrons. The van der Waals surface area contributed by atoms with Crippen LogP contribution in [0.5, 0.6) is 0 Å². The largest absolute Gasteiger partial charge is 0.481 e. The first-order valence-corrected chi connectivity index (χ1v) is 17.4. The van der Waals surface area contributed by atoms with Gasteiger partial charge in [-0.25, -0.2) is 0 Å². The van der Waals surface area contributed by atoms with E-state index >= 15 is 0 Å². The van der Waals surface area contributed by atoms with Gasteiger partial charge in [-0.2, -0.15) is 0 Å². The molecule has 7 atom stereocenters. The molecule has 4 aliphatic rings. The SMILES string of the molecule is C=C.CC(C)(C)C.CC(C)CCCCC1CCC2C3CC=C4CC(OC/C=C/C(=O)CC(=O)O)CCC4(C)C3CCC12C. The van der Waals surface area contributed by atoms with Crippen LogP contribution in [0.1, 0.15) is 139 Å². The Morgan fingerprint density at radius 2 is 1.72 bits per heavy atom. The molecule has 246 valence electrons. The highest BCUT2D eigenvalue weighted by Crippen LogP contribution is 2.66. The Morgan fingerprint density at radius 3 is 2.35 bits per heavy atom. The minimum atomic E-state index is -1.09. The van der Waals surface area contributed by atoms with Gasteiger partial charge in [-0.05, 0) is 110 Å². The Hall–Kier alpha value is -1.68. The summed E-state index contributed by atoms with van der Waals surface area (Å²) in [7, 11) is 0. The zero-order valence-electron chi connectivity index (χ0n) is 29.2. The molecule has 43 heavy (non-hydrogen) atoms. The van der Waals surface area contributed by atoms with Gasteiger partial charge in [-0.3, -0.25) is 9.59 Å². The summed E-state index contributed by atoms with van der Waals surface area (Å²) >= 11 is 0. The fraction of sp³-hybridized carbons (Fsp3) is 0.795. The van der Waals surface area contributed by atoms with Crippen LogP contribution in [0, 0.1) is 45.8 Å². The van der Waals surface area contributed by atoms with Crippen molar-refractivity contribution >= 4 is 11.8 Å². The number of rotatable bonds is 11. The summed E-state index contributed by atoms with van der Waals surface area (Å²) in [5, 5.41) is 8.71. The van der Waals surface area contributed by atoms with Crippen LogP contribution in [0.2, 0.25) is 0 Å². The van der Waals surface area contributed by atoms with Gasteiger partial charge < -0.3 is 9.84 Å². The molecule has 1 N–H and O–H groups in total. The van der Waals surface area contributed by atoms with Crippen LogP contribution in [-0.4, -0.2) is 29.6 Å². The molecule has 3 fully saturated rings. The van der Waals surface area contributed by atoms with Crippen molar-refractivity contribution in [3.8, 4) is 0 Å². The molecule has 0 aromatic heterocycles. The summed E-state index contributed by atoms with van der Waals surface area (Å²) in [6.07, 6.45) is 21.3. The molecule has 0 aromatic rings.